The van der Waals surface area contributed by atoms with Crippen molar-refractivity contribution in [1.82, 2.24) is 24.9 Å². The molecule has 0 atom stereocenters. The van der Waals surface area contributed by atoms with Crippen molar-refractivity contribution in [3.05, 3.63) is 0 Å². The quantitative estimate of drug-likeness (QED) is 0.0578. The number of hydrogen-bond donors (Lipinski definition) is 2. The Balaban J connectivity index is 6.22. The Morgan fingerprint density at radius 2 is 0.621 bits per heavy atom. The number of carbonyl (C=O) groups excluding carboxylic acids is 5. The minimum Gasteiger partial charge on any atom is -0.385 e. The van der Waals surface area contributed by atoms with E-state index in [1.54, 1.807) is 21.8 Å². The molecule has 0 spiro atoms. The zero-order valence-corrected chi connectivity index (χ0v) is 43.9. The summed E-state index contributed by atoms with van der Waals surface area (Å²) in [6, 6.07) is 0. The van der Waals surface area contributed by atoms with E-state index in [4.69, 9.17) is 10.5 Å². The molecule has 5 amide bonds. The highest BCUT2D eigenvalue weighted by molar-refractivity contribution is 5.91. The van der Waals surface area contributed by atoms with E-state index in [1.807, 2.05) is 0 Å². The van der Waals surface area contributed by atoms with Gasteiger partial charge in [-0.05, 0) is 38.6 Å². The third-order valence-electron chi connectivity index (χ3n) is 12.8. The fraction of sp³-hybridized carbons (Fsp3) is 0.907. The van der Waals surface area contributed by atoms with Crippen LogP contribution < -0.4 is 11.1 Å². The van der Waals surface area contributed by atoms with Crippen LogP contribution in [-0.2, 0) is 28.7 Å². The molecule has 0 aliphatic heterocycles. The number of amides is 5. The molecular weight excluding hydrogens is 829 g/mol. The number of rotatable bonds is 50. The first-order valence-electron chi connectivity index (χ1n) is 27.7. The molecule has 0 aliphatic carbocycles. The van der Waals surface area contributed by atoms with E-state index in [1.165, 1.54) is 114 Å². The second-order valence-electron chi connectivity index (χ2n) is 19.2. The highest BCUT2D eigenvalue weighted by Crippen LogP contribution is 2.14. The molecule has 66 heavy (non-hydrogen) atoms. The summed E-state index contributed by atoms with van der Waals surface area (Å²) in [5.74, 6) is -1.48. The van der Waals surface area contributed by atoms with Crippen molar-refractivity contribution >= 4 is 29.5 Å². The third-order valence-corrected chi connectivity index (χ3v) is 12.8. The van der Waals surface area contributed by atoms with Crippen LogP contribution in [0.4, 0.5) is 0 Å². The molecule has 0 aromatic heterocycles. The molecule has 12 nitrogen and oxygen atoms in total. The molecule has 0 aromatic carbocycles. The maximum absolute atomic E-state index is 14.5. The molecule has 0 fully saturated rings. The van der Waals surface area contributed by atoms with Crippen molar-refractivity contribution < 1.29 is 28.7 Å². The molecule has 12 heteroatoms. The van der Waals surface area contributed by atoms with Crippen molar-refractivity contribution in [2.75, 3.05) is 79.2 Å². The monoisotopic (exact) mass is 935 g/mol. The molecule has 0 saturated heterocycles. The fourth-order valence-corrected chi connectivity index (χ4v) is 8.54. The molecule has 0 unspecified atom stereocenters. The average Bonchev–Trinajstić information content (AvgIpc) is 3.30. The van der Waals surface area contributed by atoms with Gasteiger partial charge in [0, 0.05) is 39.9 Å². The largest absolute Gasteiger partial charge is 0.385 e. The van der Waals surface area contributed by atoms with Gasteiger partial charge in [-0.15, -0.1) is 0 Å². The van der Waals surface area contributed by atoms with E-state index >= 15 is 0 Å². The minimum atomic E-state index is -0.567. The van der Waals surface area contributed by atoms with Crippen LogP contribution in [0.2, 0.25) is 0 Å². The standard InChI is InChI=1S/C54H106N6O6/c1-6-10-14-18-22-26-30-34-40-57(46-50(55)61)52(63)48-59(42-36-32-28-24-20-16-12-8-3)54(65)49-60(43-37-33-29-25-21-17-13-9-4)53(64)47-58(51(62)45-56-39-38-44-66-5)41-35-31-27-23-19-15-11-7-2/h56H,6-49H2,1-5H3,(H2,55,61). The smallest absolute Gasteiger partial charge is 0.242 e. The van der Waals surface area contributed by atoms with Gasteiger partial charge in [0.1, 0.15) is 0 Å². The zero-order chi connectivity index (χ0) is 48.7. The number of methoxy groups -OCH3 is 1. The van der Waals surface area contributed by atoms with Gasteiger partial charge in [0.05, 0.1) is 32.7 Å². The van der Waals surface area contributed by atoms with Crippen LogP contribution in [0.5, 0.6) is 0 Å². The Kier molecular flexibility index (Phi) is 45.4. The summed E-state index contributed by atoms with van der Waals surface area (Å²) in [5, 5.41) is 3.23. The van der Waals surface area contributed by atoms with E-state index in [9.17, 15) is 24.0 Å². The van der Waals surface area contributed by atoms with Gasteiger partial charge >= 0.3 is 0 Å². The van der Waals surface area contributed by atoms with Crippen LogP contribution in [0.1, 0.15) is 240 Å². The summed E-state index contributed by atoms with van der Waals surface area (Å²) in [5.41, 5.74) is 5.65. The Bertz CT molecular complexity index is 1170. The molecule has 0 bridgehead atoms. The normalized spacial score (nSPS) is 11.2. The van der Waals surface area contributed by atoms with Gasteiger partial charge in [-0.3, -0.25) is 24.0 Å². The Morgan fingerprint density at radius 1 is 0.364 bits per heavy atom. The molecule has 0 aromatic rings. The summed E-state index contributed by atoms with van der Waals surface area (Å²) < 4.78 is 5.18. The van der Waals surface area contributed by atoms with Gasteiger partial charge in [0.2, 0.25) is 29.5 Å². The van der Waals surface area contributed by atoms with Crippen LogP contribution in [0.3, 0.4) is 0 Å². The number of primary amides is 1. The lowest BCUT2D eigenvalue weighted by molar-refractivity contribution is -0.146. The number of unbranched alkanes of at least 4 members (excludes halogenated alkanes) is 28. The Morgan fingerprint density at radius 3 is 0.894 bits per heavy atom. The van der Waals surface area contributed by atoms with E-state index < -0.39 is 5.91 Å². The van der Waals surface area contributed by atoms with Gasteiger partial charge < -0.3 is 35.4 Å². The van der Waals surface area contributed by atoms with E-state index in [2.05, 4.69) is 33.0 Å². The van der Waals surface area contributed by atoms with Crippen LogP contribution >= 0.6 is 0 Å². The highest BCUT2D eigenvalue weighted by Gasteiger charge is 2.27. The molecule has 388 valence electrons. The molecular formula is C54H106N6O6. The fourth-order valence-electron chi connectivity index (χ4n) is 8.54. The predicted molar refractivity (Wildman–Crippen MR) is 275 cm³/mol. The predicted octanol–water partition coefficient (Wildman–Crippen LogP) is 11.0. The number of carbonyl (C=O) groups is 5. The summed E-state index contributed by atoms with van der Waals surface area (Å²) in [6.45, 7) is 11.4. The maximum atomic E-state index is 14.5. The number of hydrogen-bond acceptors (Lipinski definition) is 7. The van der Waals surface area contributed by atoms with Gasteiger partial charge in [-0.25, -0.2) is 0 Å². The van der Waals surface area contributed by atoms with Crippen LogP contribution in [0.15, 0.2) is 0 Å². The average molecular weight is 935 g/mol. The van der Waals surface area contributed by atoms with Crippen LogP contribution in [0, 0.1) is 0 Å². The topological polar surface area (TPSA) is 146 Å². The second kappa shape index (κ2) is 47.3. The first kappa shape index (κ1) is 63.3. The number of nitrogens with zero attached hydrogens (tertiary/aromatic N) is 4. The minimum absolute atomic E-state index is 0.0820. The second-order valence-corrected chi connectivity index (χ2v) is 19.2. The summed E-state index contributed by atoms with van der Waals surface area (Å²) >= 11 is 0. The van der Waals surface area contributed by atoms with Crippen molar-refractivity contribution in [1.29, 1.82) is 0 Å². The zero-order valence-electron chi connectivity index (χ0n) is 43.9. The maximum Gasteiger partial charge on any atom is 0.242 e. The van der Waals surface area contributed by atoms with Crippen LogP contribution in [-0.4, -0.2) is 128 Å². The Labute approximate surface area is 406 Å². The van der Waals surface area contributed by atoms with Crippen molar-refractivity contribution in [2.24, 2.45) is 5.73 Å². The highest BCUT2D eigenvalue weighted by atomic mass is 16.5. The first-order valence-corrected chi connectivity index (χ1v) is 27.7. The SMILES string of the molecule is CCCCCCCCCCN(CC(N)=O)C(=O)CN(CCCCCCCCCC)C(=O)CN(CCCCCCCCCC)C(=O)CN(CCCCCCCCCC)C(=O)CNCCCOC. The van der Waals surface area contributed by atoms with E-state index in [0.29, 0.717) is 39.3 Å². The summed E-state index contributed by atoms with van der Waals surface area (Å²) in [4.78, 5) is 75.2. The molecule has 0 aliphatic rings. The molecule has 0 saturated carbocycles. The third kappa shape index (κ3) is 38.3. The van der Waals surface area contributed by atoms with Crippen molar-refractivity contribution in [3.63, 3.8) is 0 Å². The van der Waals surface area contributed by atoms with Gasteiger partial charge in [-0.1, -0.05) is 207 Å². The molecule has 3 N–H and O–H groups in total. The van der Waals surface area contributed by atoms with E-state index in [0.717, 1.165) is 103 Å². The lowest BCUT2D eigenvalue weighted by Crippen LogP contribution is -2.51. The lowest BCUT2D eigenvalue weighted by atomic mass is 10.1. The number of nitrogens with one attached hydrogen (secondary N) is 1. The molecule has 0 radical (unpaired) electrons. The van der Waals surface area contributed by atoms with Gasteiger partial charge in [0.15, 0.2) is 0 Å². The number of ether oxygens (including phenoxy) is 1. The van der Waals surface area contributed by atoms with E-state index in [-0.39, 0.29) is 56.4 Å². The first-order chi connectivity index (χ1) is 32.1. The van der Waals surface area contributed by atoms with Crippen molar-refractivity contribution in [2.45, 2.75) is 240 Å². The summed E-state index contributed by atoms with van der Waals surface area (Å²) in [7, 11) is 1.66. The van der Waals surface area contributed by atoms with Crippen LogP contribution in [0.25, 0.3) is 0 Å². The van der Waals surface area contributed by atoms with Gasteiger partial charge in [-0.2, -0.15) is 0 Å². The van der Waals surface area contributed by atoms with Gasteiger partial charge in [0.25, 0.3) is 0 Å². The van der Waals surface area contributed by atoms with Crippen molar-refractivity contribution in [3.8, 4) is 0 Å². The molecule has 0 heterocycles. The summed E-state index contributed by atoms with van der Waals surface area (Å²) in [6.07, 6.45) is 36.4. The number of nitrogens with two attached hydrogens (primary N) is 1. The lowest BCUT2D eigenvalue weighted by Gasteiger charge is -2.31. The Hall–Kier alpha value is -2.73. The molecule has 0 rings (SSSR count).